The predicted molar refractivity (Wildman–Crippen MR) is 49.3 cm³/mol. The largest absolute Gasteiger partial charge is 0.462 e. The minimum atomic E-state index is -0.302. The first-order chi connectivity index (χ1) is 6.09. The quantitative estimate of drug-likeness (QED) is 0.369. The lowest BCUT2D eigenvalue weighted by Crippen LogP contribution is -2.13. The lowest BCUT2D eigenvalue weighted by Gasteiger charge is -2.10. The molecular formula is C10H16O3. The number of epoxide rings is 1. The second kappa shape index (κ2) is 4.42. The Morgan fingerprint density at radius 3 is 2.85 bits per heavy atom. The summed E-state index contributed by atoms with van der Waals surface area (Å²) in [7, 11) is 0. The van der Waals surface area contributed by atoms with Crippen LogP contribution in [0.5, 0.6) is 0 Å². The molecule has 13 heavy (non-hydrogen) atoms. The van der Waals surface area contributed by atoms with Gasteiger partial charge >= 0.3 is 5.97 Å². The molecule has 2 unspecified atom stereocenters. The first kappa shape index (κ1) is 10.3. The third-order valence-corrected chi connectivity index (χ3v) is 1.92. The van der Waals surface area contributed by atoms with Crippen molar-refractivity contribution >= 4 is 5.97 Å². The highest BCUT2D eigenvalue weighted by molar-refractivity contribution is 5.86. The van der Waals surface area contributed by atoms with Crippen molar-refractivity contribution in [1.82, 2.24) is 0 Å². The summed E-state index contributed by atoms with van der Waals surface area (Å²) in [6, 6.07) is 0. The van der Waals surface area contributed by atoms with Gasteiger partial charge in [-0.3, -0.25) is 0 Å². The van der Waals surface area contributed by atoms with Gasteiger partial charge in [0.1, 0.15) is 0 Å². The molecule has 1 saturated heterocycles. The smallest absolute Gasteiger partial charge is 0.333 e. The molecule has 0 saturated carbocycles. The van der Waals surface area contributed by atoms with Gasteiger partial charge in [0, 0.05) is 5.57 Å². The second-order valence-electron chi connectivity index (χ2n) is 3.68. The summed E-state index contributed by atoms with van der Waals surface area (Å²) in [4.78, 5) is 11.0. The maximum atomic E-state index is 11.0. The van der Waals surface area contributed by atoms with Crippen molar-refractivity contribution in [2.45, 2.75) is 26.4 Å². The average molecular weight is 184 g/mol. The van der Waals surface area contributed by atoms with Gasteiger partial charge in [0.2, 0.25) is 0 Å². The van der Waals surface area contributed by atoms with Gasteiger partial charge in [0.15, 0.2) is 0 Å². The molecule has 3 heteroatoms. The molecule has 1 aliphatic rings. The van der Waals surface area contributed by atoms with Crippen molar-refractivity contribution in [1.29, 1.82) is 0 Å². The molecule has 1 heterocycles. The van der Waals surface area contributed by atoms with Gasteiger partial charge in [-0.1, -0.05) is 13.5 Å². The van der Waals surface area contributed by atoms with Gasteiger partial charge in [-0.15, -0.1) is 0 Å². The van der Waals surface area contributed by atoms with Crippen molar-refractivity contribution < 1.29 is 14.3 Å². The first-order valence-electron chi connectivity index (χ1n) is 4.54. The molecule has 0 bridgehead atoms. The zero-order valence-corrected chi connectivity index (χ0v) is 8.21. The molecule has 0 amide bonds. The Labute approximate surface area is 78.7 Å². The van der Waals surface area contributed by atoms with Crippen molar-refractivity contribution in [3.8, 4) is 0 Å². The molecule has 1 aliphatic heterocycles. The Morgan fingerprint density at radius 2 is 2.38 bits per heavy atom. The Bertz CT molecular complexity index is 206. The SMILES string of the molecule is C=C(C)C(=O)OCC(C)CC1CO1. The maximum Gasteiger partial charge on any atom is 0.333 e. The fraction of sp³-hybridized carbons (Fsp3) is 0.700. The number of esters is 1. The van der Waals surface area contributed by atoms with Crippen LogP contribution in [0.4, 0.5) is 0 Å². The second-order valence-corrected chi connectivity index (χ2v) is 3.68. The summed E-state index contributed by atoms with van der Waals surface area (Å²) >= 11 is 0. The molecular weight excluding hydrogens is 168 g/mol. The highest BCUT2D eigenvalue weighted by Crippen LogP contribution is 2.19. The molecule has 1 rings (SSSR count). The summed E-state index contributed by atoms with van der Waals surface area (Å²) in [5.41, 5.74) is 0.454. The number of hydrogen-bond donors (Lipinski definition) is 0. The molecule has 0 spiro atoms. The van der Waals surface area contributed by atoms with E-state index in [0.29, 0.717) is 24.2 Å². The zero-order chi connectivity index (χ0) is 9.84. The predicted octanol–water partition coefficient (Wildman–Crippen LogP) is 1.53. The van der Waals surface area contributed by atoms with E-state index in [9.17, 15) is 4.79 Å². The molecule has 0 radical (unpaired) electrons. The van der Waals surface area contributed by atoms with Crippen molar-refractivity contribution in [2.75, 3.05) is 13.2 Å². The molecule has 0 aromatic rings. The van der Waals surface area contributed by atoms with E-state index in [-0.39, 0.29) is 5.97 Å². The van der Waals surface area contributed by atoms with Crippen LogP contribution in [0, 0.1) is 5.92 Å². The van der Waals surface area contributed by atoms with Gasteiger partial charge in [-0.05, 0) is 19.3 Å². The summed E-state index contributed by atoms with van der Waals surface area (Å²) in [6.07, 6.45) is 1.38. The van der Waals surface area contributed by atoms with Gasteiger partial charge in [0.25, 0.3) is 0 Å². The van der Waals surface area contributed by atoms with Crippen LogP contribution in [0.3, 0.4) is 0 Å². The fourth-order valence-corrected chi connectivity index (χ4v) is 1.06. The standard InChI is InChI=1S/C10H16O3/c1-7(2)10(11)13-5-8(3)4-9-6-12-9/h8-9H,1,4-6H2,2-3H3. The monoisotopic (exact) mass is 184 g/mol. The molecule has 0 aliphatic carbocycles. The third kappa shape index (κ3) is 4.08. The van der Waals surface area contributed by atoms with E-state index in [4.69, 9.17) is 9.47 Å². The lowest BCUT2D eigenvalue weighted by molar-refractivity contribution is -0.140. The van der Waals surface area contributed by atoms with Crippen LogP contribution in [0.1, 0.15) is 20.3 Å². The van der Waals surface area contributed by atoms with Crippen LogP contribution in [0.2, 0.25) is 0 Å². The van der Waals surface area contributed by atoms with E-state index < -0.39 is 0 Å². The number of carbonyl (C=O) groups is 1. The van der Waals surface area contributed by atoms with Crippen LogP contribution in [0.15, 0.2) is 12.2 Å². The summed E-state index contributed by atoms with van der Waals surface area (Å²) < 4.78 is 10.1. The third-order valence-electron chi connectivity index (χ3n) is 1.92. The molecule has 1 fully saturated rings. The lowest BCUT2D eigenvalue weighted by atomic mass is 10.1. The van der Waals surface area contributed by atoms with Crippen LogP contribution in [0.25, 0.3) is 0 Å². The highest BCUT2D eigenvalue weighted by atomic mass is 16.6. The summed E-state index contributed by atoms with van der Waals surface area (Å²) in [6.45, 7) is 8.53. The normalized spacial score (nSPS) is 22.2. The molecule has 2 atom stereocenters. The minimum Gasteiger partial charge on any atom is -0.462 e. The molecule has 0 aromatic carbocycles. The van der Waals surface area contributed by atoms with Crippen molar-refractivity contribution in [3.05, 3.63) is 12.2 Å². The number of rotatable bonds is 5. The zero-order valence-electron chi connectivity index (χ0n) is 8.21. The summed E-state index contributed by atoms with van der Waals surface area (Å²) in [5, 5.41) is 0. The van der Waals surface area contributed by atoms with Crippen molar-refractivity contribution in [3.63, 3.8) is 0 Å². The van der Waals surface area contributed by atoms with E-state index in [1.54, 1.807) is 6.92 Å². The Hall–Kier alpha value is -0.830. The number of hydrogen-bond acceptors (Lipinski definition) is 3. The Kier molecular flexibility index (Phi) is 3.48. The van der Waals surface area contributed by atoms with E-state index in [1.165, 1.54) is 0 Å². The first-order valence-corrected chi connectivity index (χ1v) is 4.54. The Balaban J connectivity index is 2.09. The molecule has 74 valence electrons. The topological polar surface area (TPSA) is 38.8 Å². The van der Waals surface area contributed by atoms with E-state index in [1.807, 2.05) is 6.92 Å². The van der Waals surface area contributed by atoms with Crippen LogP contribution >= 0.6 is 0 Å². The number of ether oxygens (including phenoxy) is 2. The van der Waals surface area contributed by atoms with E-state index in [2.05, 4.69) is 6.58 Å². The fourth-order valence-electron chi connectivity index (χ4n) is 1.06. The van der Waals surface area contributed by atoms with Crippen molar-refractivity contribution in [2.24, 2.45) is 5.92 Å². The summed E-state index contributed by atoms with van der Waals surface area (Å²) in [5.74, 6) is 0.0689. The number of carbonyl (C=O) groups excluding carboxylic acids is 1. The van der Waals surface area contributed by atoms with E-state index >= 15 is 0 Å². The van der Waals surface area contributed by atoms with E-state index in [0.717, 1.165) is 13.0 Å². The van der Waals surface area contributed by atoms with Gasteiger partial charge in [-0.25, -0.2) is 4.79 Å². The van der Waals surface area contributed by atoms with Crippen LogP contribution in [-0.2, 0) is 14.3 Å². The highest BCUT2D eigenvalue weighted by Gasteiger charge is 2.25. The maximum absolute atomic E-state index is 11.0. The van der Waals surface area contributed by atoms with Crippen LogP contribution < -0.4 is 0 Å². The molecule has 0 N–H and O–H groups in total. The average Bonchev–Trinajstić information content (AvgIpc) is 2.83. The molecule has 3 nitrogen and oxygen atoms in total. The van der Waals surface area contributed by atoms with Gasteiger partial charge in [0.05, 0.1) is 19.3 Å². The van der Waals surface area contributed by atoms with Crippen LogP contribution in [-0.4, -0.2) is 25.3 Å². The Morgan fingerprint density at radius 1 is 1.77 bits per heavy atom. The minimum absolute atomic E-state index is 0.302. The van der Waals surface area contributed by atoms with Gasteiger partial charge in [-0.2, -0.15) is 0 Å². The van der Waals surface area contributed by atoms with Gasteiger partial charge < -0.3 is 9.47 Å². The molecule has 0 aromatic heterocycles.